The molecule has 0 unspecified atom stereocenters. The van der Waals surface area contributed by atoms with Crippen LogP contribution in [0.25, 0.3) is 0 Å². The topological polar surface area (TPSA) is 147 Å². The van der Waals surface area contributed by atoms with Gasteiger partial charge in [-0.1, -0.05) is 0 Å². The van der Waals surface area contributed by atoms with Gasteiger partial charge in [-0.05, 0) is 0 Å². The molecule has 116 valence electrons. The molecule has 0 radical (unpaired) electrons. The molecule has 10 heteroatoms. The fourth-order valence-electron chi connectivity index (χ4n) is 1.46. The quantitative estimate of drug-likeness (QED) is 0.236. The number of amides is 2. The zero-order valence-corrected chi connectivity index (χ0v) is 11.0. The predicted octanol–water partition coefficient (Wildman–Crippen LogP) is -3.22. The number of carbonyl (C=O) groups is 2. The second-order valence-electron chi connectivity index (χ2n) is 3.89. The van der Waals surface area contributed by atoms with Crippen molar-refractivity contribution < 1.29 is 28.5 Å². The highest BCUT2D eigenvalue weighted by atomic mass is 16.6. The Morgan fingerprint density at radius 2 is 1.20 bits per heavy atom. The number of nitrogens with two attached hydrogens (primary N) is 2. The molecule has 2 amide bonds. The summed E-state index contributed by atoms with van der Waals surface area (Å²) in [6, 6.07) is 0. The van der Waals surface area contributed by atoms with E-state index in [2.05, 4.69) is 0 Å². The van der Waals surface area contributed by atoms with Crippen LogP contribution >= 0.6 is 0 Å². The third kappa shape index (κ3) is 5.77. The van der Waals surface area contributed by atoms with Crippen molar-refractivity contribution in [1.29, 1.82) is 0 Å². The van der Waals surface area contributed by atoms with E-state index in [1.165, 1.54) is 0 Å². The molecular formula is C10H20N4O6. The van der Waals surface area contributed by atoms with Crippen molar-refractivity contribution in [3.8, 4) is 0 Å². The first-order chi connectivity index (χ1) is 9.69. The molecule has 2 heterocycles. The third-order valence-electron chi connectivity index (χ3n) is 2.50. The summed E-state index contributed by atoms with van der Waals surface area (Å²) in [6.45, 7) is 2.60. The molecule has 0 aromatic rings. The summed E-state index contributed by atoms with van der Waals surface area (Å²) in [5.74, 6) is 9.07. The first kappa shape index (κ1) is 16.8. The van der Waals surface area contributed by atoms with E-state index >= 15 is 0 Å². The normalized spacial score (nSPS) is 25.9. The number of nitrogens with one attached hydrogen (secondary N) is 2. The number of ether oxygens (including phenoxy) is 4. The van der Waals surface area contributed by atoms with Gasteiger partial charge in [0.05, 0.1) is 39.6 Å². The summed E-state index contributed by atoms with van der Waals surface area (Å²) >= 11 is 0. The van der Waals surface area contributed by atoms with Gasteiger partial charge in [0.25, 0.3) is 11.8 Å². The van der Waals surface area contributed by atoms with Gasteiger partial charge in [-0.2, -0.15) is 0 Å². The highest BCUT2D eigenvalue weighted by Crippen LogP contribution is 1.99. The lowest BCUT2D eigenvalue weighted by molar-refractivity contribution is -0.148. The third-order valence-corrected chi connectivity index (χ3v) is 2.50. The minimum atomic E-state index is -0.529. The van der Waals surface area contributed by atoms with Crippen molar-refractivity contribution in [2.75, 3.05) is 39.6 Å². The molecule has 2 rings (SSSR count). The number of carbonyl (C=O) groups excluding carboxylic acids is 2. The maximum atomic E-state index is 10.7. The molecule has 0 aliphatic carbocycles. The Balaban J connectivity index is 0.000000200. The number of hydrazine groups is 2. The molecular weight excluding hydrogens is 272 g/mol. The number of hydrogen-bond acceptors (Lipinski definition) is 8. The Hall–Kier alpha value is -1.30. The standard InChI is InChI=1S/2C5H10N2O3/c2*6-7-5(8)4-3-9-1-2-10-4/h2*4H,1-3,6H2,(H,7,8)/t2*4-/m10/s1. The van der Waals surface area contributed by atoms with Crippen molar-refractivity contribution in [2.45, 2.75) is 12.2 Å². The summed E-state index contributed by atoms with van der Waals surface area (Å²) in [4.78, 5) is 21.5. The van der Waals surface area contributed by atoms with Crippen molar-refractivity contribution in [1.82, 2.24) is 10.9 Å². The van der Waals surface area contributed by atoms with E-state index in [1.54, 1.807) is 0 Å². The maximum Gasteiger partial charge on any atom is 0.265 e. The Labute approximate surface area is 116 Å². The van der Waals surface area contributed by atoms with Crippen LogP contribution < -0.4 is 22.5 Å². The largest absolute Gasteiger partial charge is 0.376 e. The van der Waals surface area contributed by atoms with Gasteiger partial charge in [0.1, 0.15) is 0 Å². The Kier molecular flexibility index (Phi) is 8.02. The first-order valence-electron chi connectivity index (χ1n) is 6.08. The fourth-order valence-corrected chi connectivity index (χ4v) is 1.46. The summed E-state index contributed by atoms with van der Waals surface area (Å²) in [5, 5.41) is 0. The fraction of sp³-hybridized carbons (Fsp3) is 0.800. The molecule has 0 saturated carbocycles. The summed E-state index contributed by atoms with van der Waals surface area (Å²) < 4.78 is 20.0. The van der Waals surface area contributed by atoms with E-state index in [0.29, 0.717) is 39.6 Å². The summed E-state index contributed by atoms with van der Waals surface area (Å²) in [7, 11) is 0. The number of hydrogen-bond donors (Lipinski definition) is 4. The Bertz CT molecular complexity index is 274. The van der Waals surface area contributed by atoms with E-state index in [4.69, 9.17) is 30.6 Å². The molecule has 2 aliphatic heterocycles. The monoisotopic (exact) mass is 292 g/mol. The molecule has 20 heavy (non-hydrogen) atoms. The molecule has 10 nitrogen and oxygen atoms in total. The van der Waals surface area contributed by atoms with Crippen molar-refractivity contribution in [3.05, 3.63) is 0 Å². The lowest BCUT2D eigenvalue weighted by Gasteiger charge is -2.20. The summed E-state index contributed by atoms with van der Waals surface area (Å²) in [6.07, 6.45) is -1.06. The second-order valence-corrected chi connectivity index (χ2v) is 3.89. The van der Waals surface area contributed by atoms with Gasteiger partial charge in [0.2, 0.25) is 0 Å². The molecule has 2 fully saturated rings. The molecule has 2 aliphatic rings. The highest BCUT2D eigenvalue weighted by molar-refractivity contribution is 5.80. The first-order valence-corrected chi connectivity index (χ1v) is 6.08. The van der Waals surface area contributed by atoms with E-state index in [9.17, 15) is 9.59 Å². The maximum absolute atomic E-state index is 10.7. The number of rotatable bonds is 2. The molecule has 0 bridgehead atoms. The minimum Gasteiger partial charge on any atom is -0.376 e. The Morgan fingerprint density at radius 1 is 0.800 bits per heavy atom. The highest BCUT2D eigenvalue weighted by Gasteiger charge is 2.21. The van der Waals surface area contributed by atoms with Crippen LogP contribution in [0.4, 0.5) is 0 Å². The van der Waals surface area contributed by atoms with E-state index in [-0.39, 0.29) is 11.8 Å². The van der Waals surface area contributed by atoms with Crippen LogP contribution in [-0.2, 0) is 28.5 Å². The van der Waals surface area contributed by atoms with Crippen molar-refractivity contribution in [3.63, 3.8) is 0 Å². The van der Waals surface area contributed by atoms with Crippen LogP contribution in [0, 0.1) is 0 Å². The molecule has 0 aromatic carbocycles. The van der Waals surface area contributed by atoms with Gasteiger partial charge >= 0.3 is 0 Å². The van der Waals surface area contributed by atoms with Crippen molar-refractivity contribution >= 4 is 11.8 Å². The van der Waals surface area contributed by atoms with Gasteiger partial charge < -0.3 is 18.9 Å². The van der Waals surface area contributed by atoms with Crippen molar-refractivity contribution in [2.24, 2.45) is 11.7 Å². The molecule has 2 atom stereocenters. The molecule has 6 N–H and O–H groups in total. The van der Waals surface area contributed by atoms with E-state index in [0.717, 1.165) is 0 Å². The van der Waals surface area contributed by atoms with E-state index < -0.39 is 12.2 Å². The van der Waals surface area contributed by atoms with Crippen LogP contribution in [0.15, 0.2) is 0 Å². The minimum absolute atomic E-state index is 0.295. The average molecular weight is 292 g/mol. The van der Waals surface area contributed by atoms with Gasteiger partial charge in [0, 0.05) is 0 Å². The average Bonchev–Trinajstić information content (AvgIpc) is 2.55. The van der Waals surface area contributed by atoms with Crippen LogP contribution in [0.5, 0.6) is 0 Å². The van der Waals surface area contributed by atoms with Crippen LogP contribution in [0.2, 0.25) is 0 Å². The predicted molar refractivity (Wildman–Crippen MR) is 65.8 cm³/mol. The van der Waals surface area contributed by atoms with Gasteiger partial charge in [-0.15, -0.1) is 0 Å². The lowest BCUT2D eigenvalue weighted by atomic mass is 10.3. The molecule has 0 spiro atoms. The van der Waals surface area contributed by atoms with Crippen LogP contribution in [-0.4, -0.2) is 63.7 Å². The Morgan fingerprint density at radius 3 is 1.45 bits per heavy atom. The van der Waals surface area contributed by atoms with E-state index in [1.807, 2.05) is 10.9 Å². The van der Waals surface area contributed by atoms with Crippen LogP contribution in [0.1, 0.15) is 0 Å². The summed E-state index contributed by atoms with van der Waals surface area (Å²) in [5.41, 5.74) is 3.98. The zero-order chi connectivity index (χ0) is 14.8. The van der Waals surface area contributed by atoms with Gasteiger partial charge in [0.15, 0.2) is 12.2 Å². The van der Waals surface area contributed by atoms with Gasteiger partial charge in [-0.25, -0.2) is 11.7 Å². The SMILES string of the molecule is NNC(=O)[C@@H]1COCCO1.NNC(=O)[C@H]1COCCO1. The smallest absolute Gasteiger partial charge is 0.265 e. The van der Waals surface area contributed by atoms with Crippen LogP contribution in [0.3, 0.4) is 0 Å². The second kappa shape index (κ2) is 9.58. The zero-order valence-electron chi connectivity index (χ0n) is 11.0. The lowest BCUT2D eigenvalue weighted by Crippen LogP contribution is -2.45. The molecule has 0 aromatic heterocycles. The van der Waals surface area contributed by atoms with Gasteiger partial charge in [-0.3, -0.25) is 20.4 Å². The molecule has 2 saturated heterocycles.